The zero-order valence-electron chi connectivity index (χ0n) is 19.1. The van der Waals surface area contributed by atoms with Gasteiger partial charge in [-0.15, -0.1) is 0 Å². The molecule has 3 rings (SSSR count). The second-order valence-electron chi connectivity index (χ2n) is 9.59. The molecule has 0 aromatic heterocycles. The Morgan fingerprint density at radius 3 is 2.16 bits per heavy atom. The van der Waals surface area contributed by atoms with Crippen LogP contribution in [-0.4, -0.2) is 27.3 Å². The van der Waals surface area contributed by atoms with Crippen molar-refractivity contribution < 1.29 is 19.7 Å². The SMILES string of the molecule is CC(C)C1(CCc2ccc(O)cc2)CC(O)=C(N(c2ccccc2)C(C)(C)C)C(=O)O1. The summed E-state index contributed by atoms with van der Waals surface area (Å²) in [6, 6.07) is 16.6. The average molecular weight is 424 g/mol. The normalized spacial score (nSPS) is 19.5. The Kier molecular flexibility index (Phi) is 6.35. The number of nitrogens with zero attached hydrogens (tertiary/aromatic N) is 1. The van der Waals surface area contributed by atoms with Gasteiger partial charge in [0, 0.05) is 17.6 Å². The van der Waals surface area contributed by atoms with E-state index in [4.69, 9.17) is 4.74 Å². The summed E-state index contributed by atoms with van der Waals surface area (Å²) in [5, 5.41) is 20.7. The first-order valence-corrected chi connectivity index (χ1v) is 10.8. The minimum Gasteiger partial charge on any atom is -0.510 e. The van der Waals surface area contributed by atoms with Crippen LogP contribution in [0.5, 0.6) is 5.75 Å². The van der Waals surface area contributed by atoms with Crippen LogP contribution in [0.4, 0.5) is 5.69 Å². The lowest BCUT2D eigenvalue weighted by Gasteiger charge is -2.45. The maximum absolute atomic E-state index is 13.3. The number of rotatable bonds is 6. The van der Waals surface area contributed by atoms with Crippen molar-refractivity contribution in [3.05, 3.63) is 71.6 Å². The van der Waals surface area contributed by atoms with Crippen LogP contribution in [0.25, 0.3) is 0 Å². The van der Waals surface area contributed by atoms with Crippen molar-refractivity contribution in [2.45, 2.75) is 65.0 Å². The molecule has 2 aromatic rings. The van der Waals surface area contributed by atoms with Gasteiger partial charge in [-0.1, -0.05) is 44.2 Å². The topological polar surface area (TPSA) is 70.0 Å². The summed E-state index contributed by atoms with van der Waals surface area (Å²) in [4.78, 5) is 15.2. The Hall–Kier alpha value is -2.95. The highest BCUT2D eigenvalue weighted by Gasteiger charge is 2.47. The average Bonchev–Trinajstić information content (AvgIpc) is 2.70. The van der Waals surface area contributed by atoms with E-state index in [0.29, 0.717) is 12.8 Å². The number of aliphatic hydroxyl groups is 1. The first kappa shape index (κ1) is 22.7. The summed E-state index contributed by atoms with van der Waals surface area (Å²) in [7, 11) is 0. The molecule has 5 heteroatoms. The van der Waals surface area contributed by atoms with Crippen LogP contribution < -0.4 is 4.90 Å². The zero-order chi connectivity index (χ0) is 22.8. The maximum Gasteiger partial charge on any atom is 0.359 e. The molecule has 1 heterocycles. The molecular weight excluding hydrogens is 390 g/mol. The maximum atomic E-state index is 13.3. The van der Waals surface area contributed by atoms with Gasteiger partial charge in [-0.3, -0.25) is 0 Å². The molecule has 0 saturated heterocycles. The number of para-hydroxylation sites is 1. The van der Waals surface area contributed by atoms with Crippen molar-refractivity contribution in [2.24, 2.45) is 5.92 Å². The Morgan fingerprint density at radius 1 is 1.03 bits per heavy atom. The van der Waals surface area contributed by atoms with Crippen LogP contribution in [0.2, 0.25) is 0 Å². The van der Waals surface area contributed by atoms with Gasteiger partial charge >= 0.3 is 5.97 Å². The molecule has 1 aliphatic rings. The van der Waals surface area contributed by atoms with Crippen molar-refractivity contribution in [2.75, 3.05) is 4.90 Å². The molecule has 1 atom stereocenters. The fraction of sp³-hybridized carbons (Fsp3) is 0.423. The van der Waals surface area contributed by atoms with Gasteiger partial charge in [0.2, 0.25) is 0 Å². The van der Waals surface area contributed by atoms with Crippen LogP contribution in [0.15, 0.2) is 66.1 Å². The molecule has 0 saturated carbocycles. The van der Waals surface area contributed by atoms with E-state index in [1.807, 2.05) is 82.0 Å². The molecule has 5 nitrogen and oxygen atoms in total. The second kappa shape index (κ2) is 8.66. The van der Waals surface area contributed by atoms with Crippen molar-refractivity contribution >= 4 is 11.7 Å². The first-order valence-electron chi connectivity index (χ1n) is 10.8. The van der Waals surface area contributed by atoms with Crippen molar-refractivity contribution in [3.63, 3.8) is 0 Å². The Labute approximate surface area is 185 Å². The van der Waals surface area contributed by atoms with Crippen LogP contribution in [0, 0.1) is 5.92 Å². The van der Waals surface area contributed by atoms with Crippen LogP contribution in [0.3, 0.4) is 0 Å². The Morgan fingerprint density at radius 2 is 1.65 bits per heavy atom. The number of carbonyl (C=O) groups is 1. The number of benzene rings is 2. The van der Waals surface area contributed by atoms with Gasteiger partial charge < -0.3 is 19.8 Å². The summed E-state index contributed by atoms with van der Waals surface area (Å²) in [5.41, 5.74) is 0.856. The first-order chi connectivity index (χ1) is 14.5. The smallest absolute Gasteiger partial charge is 0.359 e. The molecule has 2 N–H and O–H groups in total. The van der Waals surface area contributed by atoms with Crippen LogP contribution >= 0.6 is 0 Å². The predicted molar refractivity (Wildman–Crippen MR) is 123 cm³/mol. The van der Waals surface area contributed by atoms with Gasteiger partial charge in [0.05, 0.1) is 0 Å². The van der Waals surface area contributed by atoms with E-state index < -0.39 is 17.1 Å². The van der Waals surface area contributed by atoms with Gasteiger partial charge in [0.1, 0.15) is 17.1 Å². The summed E-state index contributed by atoms with van der Waals surface area (Å²) >= 11 is 0. The number of ether oxygens (including phenoxy) is 1. The molecule has 31 heavy (non-hydrogen) atoms. The number of anilines is 1. The van der Waals surface area contributed by atoms with Crippen molar-refractivity contribution in [3.8, 4) is 5.75 Å². The van der Waals surface area contributed by atoms with E-state index in [1.165, 1.54) is 0 Å². The fourth-order valence-corrected chi connectivity index (χ4v) is 4.17. The molecule has 0 radical (unpaired) electrons. The van der Waals surface area contributed by atoms with Gasteiger partial charge in [-0.2, -0.15) is 0 Å². The monoisotopic (exact) mass is 423 g/mol. The van der Waals surface area contributed by atoms with Crippen LogP contribution in [-0.2, 0) is 16.0 Å². The molecule has 166 valence electrons. The fourth-order valence-electron chi connectivity index (χ4n) is 4.17. The summed E-state index contributed by atoms with van der Waals surface area (Å²) in [6.45, 7) is 10.0. The lowest BCUT2D eigenvalue weighted by atomic mass is 9.79. The van der Waals surface area contributed by atoms with E-state index in [9.17, 15) is 15.0 Å². The number of aromatic hydroxyl groups is 1. The molecule has 2 aromatic carbocycles. The number of cyclic esters (lactones) is 1. The lowest BCUT2D eigenvalue weighted by Crippen LogP contribution is -2.51. The molecule has 0 fully saturated rings. The number of phenolic OH excluding ortho intramolecular Hbond substituents is 1. The lowest BCUT2D eigenvalue weighted by molar-refractivity contribution is -0.166. The van der Waals surface area contributed by atoms with Crippen molar-refractivity contribution in [1.82, 2.24) is 0 Å². The highest BCUT2D eigenvalue weighted by molar-refractivity contribution is 5.95. The number of hydrogen-bond acceptors (Lipinski definition) is 5. The second-order valence-corrected chi connectivity index (χ2v) is 9.59. The summed E-state index contributed by atoms with van der Waals surface area (Å²) in [6.07, 6.45) is 1.53. The van der Waals surface area contributed by atoms with E-state index in [2.05, 4.69) is 0 Å². The molecule has 0 bridgehead atoms. The van der Waals surface area contributed by atoms with E-state index in [-0.39, 0.29) is 29.5 Å². The minimum atomic E-state index is -0.789. The van der Waals surface area contributed by atoms with Gasteiger partial charge in [0.25, 0.3) is 0 Å². The molecular formula is C26H33NO4. The quantitative estimate of drug-likeness (QED) is 0.580. The minimum absolute atomic E-state index is 0.0251. The third-order valence-electron chi connectivity index (χ3n) is 5.96. The molecule has 0 spiro atoms. The number of phenols is 1. The van der Waals surface area contributed by atoms with Gasteiger partial charge in [0.15, 0.2) is 5.70 Å². The highest BCUT2D eigenvalue weighted by Crippen LogP contribution is 2.42. The summed E-state index contributed by atoms with van der Waals surface area (Å²) in [5.74, 6) is -0.187. The van der Waals surface area contributed by atoms with E-state index >= 15 is 0 Å². The molecule has 0 amide bonds. The third-order valence-corrected chi connectivity index (χ3v) is 5.96. The third kappa shape index (κ3) is 4.87. The number of aryl methyl sites for hydroxylation is 1. The van der Waals surface area contributed by atoms with Gasteiger partial charge in [-0.25, -0.2) is 4.79 Å². The standard InChI is InChI=1S/C26H33NO4/c1-18(2)26(16-15-19-11-13-21(28)14-12-19)17-22(29)23(24(30)31-26)27(25(3,4)5)20-9-7-6-8-10-20/h6-14,18,28-29H,15-17H2,1-5H3. The number of carbonyl (C=O) groups excluding carboxylic acids is 1. The number of aliphatic hydroxyl groups excluding tert-OH is 1. The molecule has 1 aliphatic heterocycles. The molecule has 0 aliphatic carbocycles. The Balaban J connectivity index is 1.94. The van der Waals surface area contributed by atoms with Crippen molar-refractivity contribution in [1.29, 1.82) is 0 Å². The largest absolute Gasteiger partial charge is 0.510 e. The van der Waals surface area contributed by atoms with E-state index in [1.54, 1.807) is 12.1 Å². The Bertz CT molecular complexity index is 942. The predicted octanol–water partition coefficient (Wildman–Crippen LogP) is 5.74. The van der Waals surface area contributed by atoms with Gasteiger partial charge in [-0.05, 0) is 69.4 Å². The summed E-state index contributed by atoms with van der Waals surface area (Å²) < 4.78 is 6.11. The highest BCUT2D eigenvalue weighted by atomic mass is 16.6. The molecule has 1 unspecified atom stereocenters. The van der Waals surface area contributed by atoms with Crippen LogP contribution in [0.1, 0.15) is 53.0 Å². The number of esters is 1. The zero-order valence-corrected chi connectivity index (χ0v) is 19.1. The number of hydrogen-bond donors (Lipinski definition) is 2. The van der Waals surface area contributed by atoms with E-state index in [0.717, 1.165) is 11.3 Å².